The summed E-state index contributed by atoms with van der Waals surface area (Å²) in [5.74, 6) is 0. The van der Waals surface area contributed by atoms with E-state index in [4.69, 9.17) is 28.2 Å². The highest BCUT2D eigenvalue weighted by Gasteiger charge is 2.36. The third-order valence-electron chi connectivity index (χ3n) is 9.53. The smallest absolute Gasteiger partial charge is 0.0675 e. The first kappa shape index (κ1) is 30.3. The second-order valence-electron chi connectivity index (χ2n) is 13.2. The maximum absolute atomic E-state index is 6.40. The molecule has 0 amide bonds. The zero-order valence-electron chi connectivity index (χ0n) is 26.6. The van der Waals surface area contributed by atoms with Crippen LogP contribution in [0.3, 0.4) is 0 Å². The van der Waals surface area contributed by atoms with Crippen molar-refractivity contribution in [1.29, 1.82) is 0 Å². The Morgan fingerprint density at radius 2 is 1.33 bits per heavy atom. The Morgan fingerprint density at radius 1 is 0.696 bits per heavy atom. The second-order valence-corrected chi connectivity index (χ2v) is 14.1. The largest absolute Gasteiger partial charge is 0.358 e. The standard InChI is InChI=1S/C41H37Cl2N3/c1-40(2)33-25-29(42)19-21-35(33)44-37(40)23-17-27-15-16-28(18-24-38-41(3,4)34-26-30(43)20-22-36(34)45-38)39(27)46(31-11-7-5-8-12-31)32-13-9-6-10-14-32/h5-14,17-26,44H,15-16H2,1-4H3/b24-18+,27-17+,37-23+. The summed E-state index contributed by atoms with van der Waals surface area (Å²) >= 11 is 12.8. The van der Waals surface area contributed by atoms with Gasteiger partial charge in [0.15, 0.2) is 0 Å². The van der Waals surface area contributed by atoms with E-state index in [0.717, 1.165) is 62.6 Å². The first-order valence-electron chi connectivity index (χ1n) is 15.8. The van der Waals surface area contributed by atoms with Gasteiger partial charge in [0.05, 0.1) is 17.1 Å². The summed E-state index contributed by atoms with van der Waals surface area (Å²) < 4.78 is 0. The zero-order valence-corrected chi connectivity index (χ0v) is 28.1. The van der Waals surface area contributed by atoms with E-state index in [1.807, 2.05) is 24.3 Å². The summed E-state index contributed by atoms with van der Waals surface area (Å²) in [5, 5.41) is 5.17. The van der Waals surface area contributed by atoms with Gasteiger partial charge in [-0.05, 0) is 108 Å². The SMILES string of the molecule is CC1(C)C(/C=C/C2=C(N(c3ccccc3)c3ccccc3)C(=C/C=C3/Nc4ccc(Cl)cc4C3(C)C)/CC2)=Nc2ccc(Cl)cc21. The fraction of sp³-hybridized carbons (Fsp3) is 0.195. The number of nitrogens with one attached hydrogen (secondary N) is 1. The number of hydrogen-bond donors (Lipinski definition) is 1. The molecule has 230 valence electrons. The number of para-hydroxylation sites is 2. The quantitative estimate of drug-likeness (QED) is 0.227. The van der Waals surface area contributed by atoms with Crippen LogP contribution in [-0.2, 0) is 10.8 Å². The summed E-state index contributed by atoms with van der Waals surface area (Å²) in [7, 11) is 0. The molecule has 4 aromatic rings. The molecule has 0 spiro atoms. The van der Waals surface area contributed by atoms with Gasteiger partial charge in [-0.15, -0.1) is 0 Å². The van der Waals surface area contributed by atoms with Gasteiger partial charge >= 0.3 is 0 Å². The van der Waals surface area contributed by atoms with Gasteiger partial charge < -0.3 is 10.2 Å². The summed E-state index contributed by atoms with van der Waals surface area (Å²) in [5.41, 5.74) is 12.3. The lowest BCUT2D eigenvalue weighted by Gasteiger charge is -2.28. The minimum Gasteiger partial charge on any atom is -0.358 e. The maximum atomic E-state index is 6.40. The van der Waals surface area contributed by atoms with Gasteiger partial charge in [0.25, 0.3) is 0 Å². The molecule has 0 radical (unpaired) electrons. The van der Waals surface area contributed by atoms with Crippen molar-refractivity contribution in [1.82, 2.24) is 0 Å². The van der Waals surface area contributed by atoms with Crippen LogP contribution >= 0.6 is 23.2 Å². The molecule has 7 rings (SSSR count). The summed E-state index contributed by atoms with van der Waals surface area (Å²) in [6.07, 6.45) is 10.9. The average molecular weight is 643 g/mol. The van der Waals surface area contributed by atoms with Crippen molar-refractivity contribution in [3.63, 3.8) is 0 Å². The van der Waals surface area contributed by atoms with Gasteiger partial charge in [-0.25, -0.2) is 0 Å². The van der Waals surface area contributed by atoms with Crippen LogP contribution in [-0.4, -0.2) is 5.71 Å². The van der Waals surface area contributed by atoms with Crippen LogP contribution in [0, 0.1) is 0 Å². The van der Waals surface area contributed by atoms with E-state index < -0.39 is 0 Å². The third-order valence-corrected chi connectivity index (χ3v) is 10.00. The normalized spacial score (nSPS) is 19.5. The number of fused-ring (bicyclic) bond motifs is 2. The average Bonchev–Trinajstić information content (AvgIpc) is 3.64. The first-order chi connectivity index (χ1) is 22.1. The van der Waals surface area contributed by atoms with E-state index in [2.05, 4.69) is 135 Å². The molecule has 0 atom stereocenters. The Morgan fingerprint density at radius 3 is 2.00 bits per heavy atom. The maximum Gasteiger partial charge on any atom is 0.0675 e. The molecule has 2 heterocycles. The van der Waals surface area contributed by atoms with Crippen molar-refractivity contribution in [2.24, 2.45) is 4.99 Å². The molecule has 46 heavy (non-hydrogen) atoms. The molecular formula is C41H37Cl2N3. The van der Waals surface area contributed by atoms with Crippen LogP contribution < -0.4 is 10.2 Å². The lowest BCUT2D eigenvalue weighted by molar-refractivity contribution is 0.654. The number of benzene rings is 4. The first-order valence-corrected chi connectivity index (χ1v) is 16.6. The Hall–Kier alpha value is -4.31. The number of nitrogens with zero attached hydrogens (tertiary/aromatic N) is 2. The summed E-state index contributed by atoms with van der Waals surface area (Å²) in [6, 6.07) is 33.4. The molecule has 3 aliphatic rings. The summed E-state index contributed by atoms with van der Waals surface area (Å²) in [6.45, 7) is 8.95. The monoisotopic (exact) mass is 641 g/mol. The van der Waals surface area contributed by atoms with E-state index in [9.17, 15) is 0 Å². The molecule has 1 N–H and O–H groups in total. The van der Waals surface area contributed by atoms with E-state index in [1.54, 1.807) is 0 Å². The van der Waals surface area contributed by atoms with E-state index in [-0.39, 0.29) is 10.8 Å². The van der Waals surface area contributed by atoms with Crippen LogP contribution in [0.5, 0.6) is 0 Å². The van der Waals surface area contributed by atoms with Gasteiger partial charge in [0.2, 0.25) is 0 Å². The van der Waals surface area contributed by atoms with E-state index >= 15 is 0 Å². The van der Waals surface area contributed by atoms with Gasteiger partial charge in [0, 0.05) is 43.6 Å². The van der Waals surface area contributed by atoms with Crippen LogP contribution in [0.15, 0.2) is 149 Å². The topological polar surface area (TPSA) is 27.6 Å². The van der Waals surface area contributed by atoms with Crippen molar-refractivity contribution in [2.45, 2.75) is 51.4 Å². The minimum absolute atomic E-state index is 0.189. The minimum atomic E-state index is -0.241. The van der Waals surface area contributed by atoms with Crippen LogP contribution in [0.4, 0.5) is 22.7 Å². The molecule has 0 aromatic heterocycles. The molecule has 3 nitrogen and oxygen atoms in total. The Bertz CT molecular complexity index is 1940. The molecular weight excluding hydrogens is 605 g/mol. The molecule has 5 heteroatoms. The fourth-order valence-corrected chi connectivity index (χ4v) is 7.19. The Labute approximate surface area is 282 Å². The van der Waals surface area contributed by atoms with Crippen molar-refractivity contribution in [2.75, 3.05) is 10.2 Å². The predicted molar refractivity (Wildman–Crippen MR) is 196 cm³/mol. The van der Waals surface area contributed by atoms with Gasteiger partial charge in [-0.3, -0.25) is 4.99 Å². The van der Waals surface area contributed by atoms with Crippen molar-refractivity contribution >= 4 is 51.7 Å². The van der Waals surface area contributed by atoms with Crippen molar-refractivity contribution in [3.05, 3.63) is 165 Å². The molecule has 0 bridgehead atoms. The highest BCUT2D eigenvalue weighted by atomic mass is 35.5. The number of hydrogen-bond acceptors (Lipinski definition) is 3. The molecule has 2 aliphatic heterocycles. The third kappa shape index (κ3) is 5.42. The number of anilines is 3. The Kier molecular flexibility index (Phi) is 7.79. The molecule has 1 aliphatic carbocycles. The molecule has 4 aromatic carbocycles. The summed E-state index contributed by atoms with van der Waals surface area (Å²) in [4.78, 5) is 7.43. The zero-order chi connectivity index (χ0) is 32.1. The van der Waals surface area contributed by atoms with Crippen LogP contribution in [0.25, 0.3) is 0 Å². The lowest BCUT2D eigenvalue weighted by atomic mass is 9.81. The Balaban J connectivity index is 1.34. The number of halogens is 2. The highest BCUT2D eigenvalue weighted by Crippen LogP contribution is 2.46. The van der Waals surface area contributed by atoms with Gasteiger partial charge in [-0.2, -0.15) is 0 Å². The molecule has 0 saturated carbocycles. The fourth-order valence-electron chi connectivity index (χ4n) is 6.85. The van der Waals surface area contributed by atoms with E-state index in [1.165, 1.54) is 22.4 Å². The van der Waals surface area contributed by atoms with Crippen molar-refractivity contribution in [3.8, 4) is 0 Å². The van der Waals surface area contributed by atoms with Crippen LogP contribution in [0.2, 0.25) is 10.0 Å². The van der Waals surface area contributed by atoms with E-state index in [0.29, 0.717) is 0 Å². The van der Waals surface area contributed by atoms with Crippen LogP contribution in [0.1, 0.15) is 51.7 Å². The molecule has 0 fully saturated rings. The number of rotatable bonds is 6. The molecule has 0 saturated heterocycles. The highest BCUT2D eigenvalue weighted by molar-refractivity contribution is 6.31. The predicted octanol–water partition coefficient (Wildman–Crippen LogP) is 12.0. The lowest BCUT2D eigenvalue weighted by Crippen LogP contribution is -2.23. The number of aliphatic imine (C=N–C) groups is 1. The molecule has 0 unspecified atom stereocenters. The number of allylic oxidation sites excluding steroid dienone is 7. The second kappa shape index (κ2) is 11.8. The van der Waals surface area contributed by atoms with Gasteiger partial charge in [-0.1, -0.05) is 99.4 Å². The van der Waals surface area contributed by atoms with Gasteiger partial charge in [0.1, 0.15) is 0 Å². The van der Waals surface area contributed by atoms with Crippen molar-refractivity contribution < 1.29 is 0 Å².